The van der Waals surface area contributed by atoms with E-state index in [2.05, 4.69) is 20.6 Å². The zero-order valence-electron chi connectivity index (χ0n) is 12.5. The highest BCUT2D eigenvalue weighted by molar-refractivity contribution is 5.93. The van der Waals surface area contributed by atoms with Crippen LogP contribution in [0.3, 0.4) is 0 Å². The van der Waals surface area contributed by atoms with Gasteiger partial charge in [-0.1, -0.05) is 32.1 Å². The molecule has 1 aromatic rings. The summed E-state index contributed by atoms with van der Waals surface area (Å²) in [6.45, 7) is 0. The minimum absolute atomic E-state index is 0.0706. The molecule has 0 aliphatic heterocycles. The number of nitrogens with one attached hydrogen (secondary N) is 2. The van der Waals surface area contributed by atoms with Crippen LogP contribution in [0.1, 0.15) is 68.3 Å². The zero-order chi connectivity index (χ0) is 14.5. The normalized spacial score (nSPS) is 20.4. The molecule has 0 saturated heterocycles. The molecule has 1 aromatic heterocycles. The van der Waals surface area contributed by atoms with Gasteiger partial charge in [-0.05, 0) is 25.7 Å². The molecule has 3 rings (SSSR count). The van der Waals surface area contributed by atoms with E-state index >= 15 is 0 Å². The number of amides is 1. The maximum absolute atomic E-state index is 12.3. The molecule has 0 aromatic carbocycles. The van der Waals surface area contributed by atoms with Gasteiger partial charge in [-0.2, -0.15) is 0 Å². The number of aromatic nitrogens is 2. The Morgan fingerprint density at radius 1 is 0.952 bits per heavy atom. The van der Waals surface area contributed by atoms with Crippen molar-refractivity contribution >= 4 is 11.7 Å². The van der Waals surface area contributed by atoms with Crippen LogP contribution in [0.4, 0.5) is 5.82 Å². The summed E-state index contributed by atoms with van der Waals surface area (Å²) < 4.78 is 0. The van der Waals surface area contributed by atoms with E-state index < -0.39 is 0 Å². The number of carbonyl (C=O) groups is 1. The van der Waals surface area contributed by atoms with Gasteiger partial charge < -0.3 is 10.6 Å². The van der Waals surface area contributed by atoms with Gasteiger partial charge in [0.05, 0.1) is 0 Å². The van der Waals surface area contributed by atoms with Crippen molar-refractivity contribution in [3.63, 3.8) is 0 Å². The monoisotopic (exact) mass is 288 g/mol. The molecule has 2 aliphatic carbocycles. The van der Waals surface area contributed by atoms with E-state index in [0.717, 1.165) is 18.7 Å². The average Bonchev–Trinajstić information content (AvgIpc) is 3.01. The van der Waals surface area contributed by atoms with E-state index in [9.17, 15) is 4.79 Å². The molecule has 1 heterocycles. The fourth-order valence-corrected chi connectivity index (χ4v) is 3.35. The van der Waals surface area contributed by atoms with Crippen LogP contribution in [0.5, 0.6) is 0 Å². The molecule has 114 valence electrons. The molecule has 0 atom stereocenters. The summed E-state index contributed by atoms with van der Waals surface area (Å²) in [7, 11) is 0. The predicted molar refractivity (Wildman–Crippen MR) is 82.2 cm³/mol. The molecule has 2 aliphatic rings. The van der Waals surface area contributed by atoms with Crippen molar-refractivity contribution in [1.29, 1.82) is 0 Å². The third kappa shape index (κ3) is 3.93. The van der Waals surface area contributed by atoms with Crippen LogP contribution in [0.15, 0.2) is 12.4 Å². The first-order chi connectivity index (χ1) is 10.3. The summed E-state index contributed by atoms with van der Waals surface area (Å²) in [4.78, 5) is 20.6. The van der Waals surface area contributed by atoms with E-state index in [-0.39, 0.29) is 5.91 Å². The van der Waals surface area contributed by atoms with Gasteiger partial charge in [0.15, 0.2) is 0 Å². The Hall–Kier alpha value is -1.65. The largest absolute Gasteiger partial charge is 0.367 e. The number of hydrogen-bond donors (Lipinski definition) is 2. The van der Waals surface area contributed by atoms with Crippen molar-refractivity contribution in [2.75, 3.05) is 5.32 Å². The van der Waals surface area contributed by atoms with Gasteiger partial charge in [-0.3, -0.25) is 4.79 Å². The van der Waals surface area contributed by atoms with Crippen LogP contribution in [0.2, 0.25) is 0 Å². The second-order valence-corrected chi connectivity index (χ2v) is 6.22. The number of nitrogens with zero attached hydrogens (tertiary/aromatic N) is 2. The molecule has 2 fully saturated rings. The SMILES string of the molecule is O=C(NC1CCCCC1)c1cc(NC2CCCC2)ncn1. The second-order valence-electron chi connectivity index (χ2n) is 6.22. The minimum atomic E-state index is -0.0706. The smallest absolute Gasteiger partial charge is 0.270 e. The molecule has 5 nitrogen and oxygen atoms in total. The Labute approximate surface area is 125 Å². The Morgan fingerprint density at radius 2 is 1.62 bits per heavy atom. The summed E-state index contributed by atoms with van der Waals surface area (Å²) >= 11 is 0. The Morgan fingerprint density at radius 3 is 2.38 bits per heavy atom. The van der Waals surface area contributed by atoms with Gasteiger partial charge in [0.1, 0.15) is 17.8 Å². The third-order valence-corrected chi connectivity index (χ3v) is 4.55. The maximum atomic E-state index is 12.3. The van der Waals surface area contributed by atoms with Gasteiger partial charge in [-0.25, -0.2) is 9.97 Å². The quantitative estimate of drug-likeness (QED) is 0.894. The molecular weight excluding hydrogens is 264 g/mol. The summed E-state index contributed by atoms with van der Waals surface area (Å²) in [6.07, 6.45) is 12.3. The van der Waals surface area contributed by atoms with Crippen LogP contribution in [-0.2, 0) is 0 Å². The Kier molecular flexibility index (Phi) is 4.68. The van der Waals surface area contributed by atoms with Gasteiger partial charge in [0.25, 0.3) is 5.91 Å². The molecule has 2 N–H and O–H groups in total. The lowest BCUT2D eigenvalue weighted by Gasteiger charge is -2.22. The Balaban J connectivity index is 1.59. The minimum Gasteiger partial charge on any atom is -0.367 e. The zero-order valence-corrected chi connectivity index (χ0v) is 12.5. The molecule has 5 heteroatoms. The number of anilines is 1. The van der Waals surface area contributed by atoms with E-state index in [4.69, 9.17) is 0 Å². The number of hydrogen-bond acceptors (Lipinski definition) is 4. The van der Waals surface area contributed by atoms with Crippen LogP contribution in [-0.4, -0.2) is 28.0 Å². The highest BCUT2D eigenvalue weighted by atomic mass is 16.1. The molecule has 21 heavy (non-hydrogen) atoms. The van der Waals surface area contributed by atoms with E-state index in [1.54, 1.807) is 6.07 Å². The van der Waals surface area contributed by atoms with E-state index in [1.165, 1.54) is 51.3 Å². The van der Waals surface area contributed by atoms with Crippen molar-refractivity contribution < 1.29 is 4.79 Å². The van der Waals surface area contributed by atoms with Crippen LogP contribution < -0.4 is 10.6 Å². The number of carbonyl (C=O) groups excluding carboxylic acids is 1. The first kappa shape index (κ1) is 14.3. The summed E-state index contributed by atoms with van der Waals surface area (Å²) in [6, 6.07) is 2.58. The lowest BCUT2D eigenvalue weighted by molar-refractivity contribution is 0.0922. The third-order valence-electron chi connectivity index (χ3n) is 4.55. The van der Waals surface area contributed by atoms with Crippen molar-refractivity contribution in [1.82, 2.24) is 15.3 Å². The lowest BCUT2D eigenvalue weighted by atomic mass is 9.95. The molecule has 0 radical (unpaired) electrons. The predicted octanol–water partition coefficient (Wildman–Crippen LogP) is 2.89. The molecule has 0 bridgehead atoms. The fraction of sp³-hybridized carbons (Fsp3) is 0.688. The van der Waals surface area contributed by atoms with Crippen molar-refractivity contribution in [3.05, 3.63) is 18.1 Å². The second kappa shape index (κ2) is 6.87. The summed E-state index contributed by atoms with van der Waals surface area (Å²) in [5, 5.41) is 6.51. The summed E-state index contributed by atoms with van der Waals surface area (Å²) in [5.41, 5.74) is 0.469. The highest BCUT2D eigenvalue weighted by Crippen LogP contribution is 2.21. The molecule has 0 spiro atoms. The molecule has 2 saturated carbocycles. The summed E-state index contributed by atoms with van der Waals surface area (Å²) in [5.74, 6) is 0.699. The first-order valence-electron chi connectivity index (χ1n) is 8.21. The van der Waals surface area contributed by atoms with Crippen LogP contribution in [0, 0.1) is 0 Å². The first-order valence-corrected chi connectivity index (χ1v) is 8.21. The molecular formula is C16H24N4O. The van der Waals surface area contributed by atoms with Crippen molar-refractivity contribution in [2.45, 2.75) is 69.9 Å². The van der Waals surface area contributed by atoms with E-state index in [0.29, 0.717) is 17.8 Å². The highest BCUT2D eigenvalue weighted by Gasteiger charge is 2.19. The van der Waals surface area contributed by atoms with Crippen LogP contribution >= 0.6 is 0 Å². The maximum Gasteiger partial charge on any atom is 0.270 e. The van der Waals surface area contributed by atoms with Crippen molar-refractivity contribution in [3.8, 4) is 0 Å². The fourth-order valence-electron chi connectivity index (χ4n) is 3.35. The lowest BCUT2D eigenvalue weighted by Crippen LogP contribution is -2.36. The molecule has 0 unspecified atom stereocenters. The standard InChI is InChI=1S/C16H24N4O/c21-16(20-13-6-2-1-3-7-13)14-10-15(18-11-17-14)19-12-8-4-5-9-12/h10-13H,1-9H2,(H,20,21)(H,17,18,19). The van der Waals surface area contributed by atoms with Crippen LogP contribution in [0.25, 0.3) is 0 Å². The van der Waals surface area contributed by atoms with Gasteiger partial charge in [-0.15, -0.1) is 0 Å². The average molecular weight is 288 g/mol. The van der Waals surface area contributed by atoms with Crippen molar-refractivity contribution in [2.24, 2.45) is 0 Å². The van der Waals surface area contributed by atoms with Gasteiger partial charge >= 0.3 is 0 Å². The molecule has 1 amide bonds. The Bertz CT molecular complexity index is 479. The van der Waals surface area contributed by atoms with Gasteiger partial charge in [0.2, 0.25) is 0 Å². The topological polar surface area (TPSA) is 66.9 Å². The number of rotatable bonds is 4. The van der Waals surface area contributed by atoms with E-state index in [1.807, 2.05) is 0 Å². The van der Waals surface area contributed by atoms with Gasteiger partial charge in [0, 0.05) is 18.2 Å².